The number of nitrogens with one attached hydrogen (secondary N) is 2. The molecule has 80 valence electrons. The van der Waals surface area contributed by atoms with Crippen LogP contribution in [0.15, 0.2) is 30.3 Å². The summed E-state index contributed by atoms with van der Waals surface area (Å²) >= 11 is 4.66. The van der Waals surface area contributed by atoms with Gasteiger partial charge in [-0.1, -0.05) is 30.3 Å². The van der Waals surface area contributed by atoms with E-state index < -0.39 is 12.3 Å². The maximum absolute atomic E-state index is 10.5. The third-order valence-electron chi connectivity index (χ3n) is 1.69. The Hall–Kier alpha value is -1.82. The summed E-state index contributed by atoms with van der Waals surface area (Å²) in [5.74, 6) is 0. The molecule has 1 rings (SSSR count). The second-order valence-corrected chi connectivity index (χ2v) is 3.24. The van der Waals surface area contributed by atoms with Crippen molar-refractivity contribution >= 4 is 23.4 Å². The Bertz CT molecular complexity index is 340. The third kappa shape index (κ3) is 3.82. The number of nitrogens with two attached hydrogens (primary N) is 1. The molecule has 5 N–H and O–H groups in total. The van der Waals surface area contributed by atoms with Gasteiger partial charge in [0.05, 0.1) is 0 Å². The molecule has 1 aromatic carbocycles. The van der Waals surface area contributed by atoms with Crippen LogP contribution in [0.4, 0.5) is 4.79 Å². The number of hydrogen-bond acceptors (Lipinski definition) is 2. The second kappa shape index (κ2) is 5.16. The summed E-state index contributed by atoms with van der Waals surface area (Å²) in [6, 6.07) is 8.97. The van der Waals surface area contributed by atoms with Gasteiger partial charge < -0.3 is 16.2 Å². The van der Waals surface area contributed by atoms with Crippen molar-refractivity contribution in [2.24, 2.45) is 5.73 Å². The van der Waals surface area contributed by atoms with Crippen LogP contribution in [0, 0.1) is 0 Å². The quantitative estimate of drug-likeness (QED) is 0.451. The largest absolute Gasteiger partial charge is 0.465 e. The van der Waals surface area contributed by atoms with Crippen LogP contribution in [0.2, 0.25) is 0 Å². The van der Waals surface area contributed by atoms with Gasteiger partial charge in [0.2, 0.25) is 0 Å². The highest BCUT2D eigenvalue weighted by Gasteiger charge is 2.12. The lowest BCUT2D eigenvalue weighted by atomic mass is 10.2. The minimum atomic E-state index is -1.15. The smallest absolute Gasteiger partial charge is 0.406 e. The highest BCUT2D eigenvalue weighted by atomic mass is 32.1. The van der Waals surface area contributed by atoms with Crippen molar-refractivity contribution in [2.75, 3.05) is 0 Å². The van der Waals surface area contributed by atoms with E-state index in [4.69, 9.17) is 10.8 Å². The molecule has 6 heteroatoms. The lowest BCUT2D eigenvalue weighted by Gasteiger charge is -2.18. The second-order valence-electron chi connectivity index (χ2n) is 2.80. The minimum absolute atomic E-state index is 0.0394. The number of carboxylic acid groups (broad SMARTS) is 1. The fourth-order valence-corrected chi connectivity index (χ4v) is 1.23. The standard InChI is InChI=1S/C9H11N3O2S/c10-8(15)11-7(12-9(13)14)6-4-2-1-3-5-6/h1-5,7,12H,(H,13,14)(H3,10,11,15). The Kier molecular flexibility index (Phi) is 3.87. The normalized spacial score (nSPS) is 11.5. The number of carbonyl (C=O) groups is 1. The SMILES string of the molecule is NC(=S)NC(NC(=O)O)c1ccccc1. The van der Waals surface area contributed by atoms with E-state index in [2.05, 4.69) is 22.9 Å². The van der Waals surface area contributed by atoms with E-state index in [-0.39, 0.29) is 5.11 Å². The fourth-order valence-electron chi connectivity index (χ4n) is 1.11. The van der Waals surface area contributed by atoms with E-state index >= 15 is 0 Å². The van der Waals surface area contributed by atoms with Crippen LogP contribution in [0.3, 0.4) is 0 Å². The maximum Gasteiger partial charge on any atom is 0.406 e. The van der Waals surface area contributed by atoms with Crippen molar-refractivity contribution in [3.8, 4) is 0 Å². The molecule has 1 atom stereocenters. The van der Waals surface area contributed by atoms with Crippen LogP contribution in [0.25, 0.3) is 0 Å². The molecule has 1 unspecified atom stereocenters. The van der Waals surface area contributed by atoms with Gasteiger partial charge in [-0.05, 0) is 17.8 Å². The van der Waals surface area contributed by atoms with Crippen LogP contribution < -0.4 is 16.4 Å². The van der Waals surface area contributed by atoms with E-state index in [9.17, 15) is 4.79 Å². The molecular formula is C9H11N3O2S. The van der Waals surface area contributed by atoms with Gasteiger partial charge in [0.15, 0.2) is 5.11 Å². The Morgan fingerprint density at radius 1 is 1.33 bits per heavy atom. The van der Waals surface area contributed by atoms with Gasteiger partial charge in [0.1, 0.15) is 6.17 Å². The van der Waals surface area contributed by atoms with E-state index in [1.165, 1.54) is 0 Å². The summed E-state index contributed by atoms with van der Waals surface area (Å²) in [6.45, 7) is 0. The van der Waals surface area contributed by atoms with Crippen molar-refractivity contribution in [1.29, 1.82) is 0 Å². The fraction of sp³-hybridized carbons (Fsp3) is 0.111. The number of amides is 1. The highest BCUT2D eigenvalue weighted by Crippen LogP contribution is 2.08. The lowest BCUT2D eigenvalue weighted by molar-refractivity contribution is 0.189. The van der Waals surface area contributed by atoms with Crippen molar-refractivity contribution in [3.63, 3.8) is 0 Å². The lowest BCUT2D eigenvalue weighted by Crippen LogP contribution is -2.42. The summed E-state index contributed by atoms with van der Waals surface area (Å²) in [6.07, 6.45) is -1.77. The zero-order chi connectivity index (χ0) is 11.3. The van der Waals surface area contributed by atoms with E-state index in [0.717, 1.165) is 5.56 Å². The number of rotatable bonds is 3. The van der Waals surface area contributed by atoms with Gasteiger partial charge in [0.25, 0.3) is 0 Å². The predicted octanol–water partition coefficient (Wildman–Crippen LogP) is 0.786. The van der Waals surface area contributed by atoms with Gasteiger partial charge in [-0.25, -0.2) is 4.79 Å². The Labute approximate surface area is 92.3 Å². The molecule has 0 saturated carbocycles. The van der Waals surface area contributed by atoms with Crippen LogP contribution in [-0.4, -0.2) is 16.3 Å². The molecule has 1 amide bonds. The van der Waals surface area contributed by atoms with Crippen molar-refractivity contribution in [2.45, 2.75) is 6.17 Å². The average Bonchev–Trinajstić information content (AvgIpc) is 2.17. The Morgan fingerprint density at radius 2 is 1.93 bits per heavy atom. The van der Waals surface area contributed by atoms with Crippen LogP contribution >= 0.6 is 12.2 Å². The number of benzene rings is 1. The van der Waals surface area contributed by atoms with Gasteiger partial charge in [0, 0.05) is 0 Å². The molecule has 5 nitrogen and oxygen atoms in total. The molecule has 0 saturated heterocycles. The number of thiocarbonyl (C=S) groups is 1. The molecule has 0 aliphatic heterocycles. The monoisotopic (exact) mass is 225 g/mol. The van der Waals surface area contributed by atoms with Gasteiger partial charge >= 0.3 is 6.09 Å². The molecule has 15 heavy (non-hydrogen) atoms. The molecule has 0 aromatic heterocycles. The van der Waals surface area contributed by atoms with Gasteiger partial charge in [-0.15, -0.1) is 0 Å². The number of hydrogen-bond donors (Lipinski definition) is 4. The summed E-state index contributed by atoms with van der Waals surface area (Å²) in [5, 5.41) is 13.6. The molecular weight excluding hydrogens is 214 g/mol. The van der Waals surface area contributed by atoms with Crippen molar-refractivity contribution < 1.29 is 9.90 Å². The predicted molar refractivity (Wildman–Crippen MR) is 60.3 cm³/mol. The topological polar surface area (TPSA) is 87.4 Å². The van der Waals surface area contributed by atoms with Crippen LogP contribution in [-0.2, 0) is 0 Å². The molecule has 0 spiro atoms. The van der Waals surface area contributed by atoms with Crippen LogP contribution in [0.1, 0.15) is 11.7 Å². The minimum Gasteiger partial charge on any atom is -0.465 e. The summed E-state index contributed by atoms with van der Waals surface area (Å²) in [5.41, 5.74) is 6.04. The highest BCUT2D eigenvalue weighted by molar-refractivity contribution is 7.80. The first-order chi connectivity index (χ1) is 7.09. The van der Waals surface area contributed by atoms with E-state index in [1.54, 1.807) is 24.3 Å². The summed E-state index contributed by atoms with van der Waals surface area (Å²) in [7, 11) is 0. The third-order valence-corrected chi connectivity index (χ3v) is 1.81. The van der Waals surface area contributed by atoms with E-state index in [0.29, 0.717) is 0 Å². The molecule has 0 fully saturated rings. The first-order valence-corrected chi connectivity index (χ1v) is 4.61. The van der Waals surface area contributed by atoms with Crippen LogP contribution in [0.5, 0.6) is 0 Å². The van der Waals surface area contributed by atoms with Crippen molar-refractivity contribution in [3.05, 3.63) is 35.9 Å². The van der Waals surface area contributed by atoms with Crippen molar-refractivity contribution in [1.82, 2.24) is 10.6 Å². The first kappa shape index (κ1) is 11.3. The molecule has 0 heterocycles. The average molecular weight is 225 g/mol. The Balaban J connectivity index is 2.81. The molecule has 0 aliphatic carbocycles. The molecule has 0 aliphatic rings. The molecule has 0 radical (unpaired) electrons. The zero-order valence-electron chi connectivity index (χ0n) is 7.81. The zero-order valence-corrected chi connectivity index (χ0v) is 8.62. The summed E-state index contributed by atoms with van der Waals surface area (Å²) in [4.78, 5) is 10.5. The first-order valence-electron chi connectivity index (χ1n) is 4.20. The Morgan fingerprint density at radius 3 is 2.40 bits per heavy atom. The maximum atomic E-state index is 10.5. The van der Waals surface area contributed by atoms with Gasteiger partial charge in [-0.2, -0.15) is 0 Å². The van der Waals surface area contributed by atoms with E-state index in [1.807, 2.05) is 6.07 Å². The van der Waals surface area contributed by atoms with Gasteiger partial charge in [-0.3, -0.25) is 5.32 Å². The summed E-state index contributed by atoms with van der Waals surface area (Å²) < 4.78 is 0. The molecule has 1 aromatic rings. The molecule has 0 bridgehead atoms.